The molecule has 0 aliphatic carbocycles. The molecule has 0 aromatic heterocycles. The van der Waals surface area contributed by atoms with Crippen molar-refractivity contribution in [1.29, 1.82) is 0 Å². The summed E-state index contributed by atoms with van der Waals surface area (Å²) in [5.41, 5.74) is 0.820. The Labute approximate surface area is 180 Å². The van der Waals surface area contributed by atoms with E-state index in [2.05, 4.69) is 21.9 Å². The summed E-state index contributed by atoms with van der Waals surface area (Å²) in [5, 5.41) is 5.66. The van der Waals surface area contributed by atoms with Crippen molar-refractivity contribution in [1.82, 2.24) is 10.6 Å². The number of carbonyl (C=O) groups is 1. The van der Waals surface area contributed by atoms with Crippen molar-refractivity contribution in [2.45, 2.75) is 64.3 Å². The zero-order chi connectivity index (χ0) is 21.6. The van der Waals surface area contributed by atoms with E-state index in [-0.39, 0.29) is 17.1 Å². The van der Waals surface area contributed by atoms with Crippen molar-refractivity contribution in [3.8, 4) is 5.75 Å². The first-order valence-corrected chi connectivity index (χ1v) is 11.4. The largest absolute Gasteiger partial charge is 0.494 e. The minimum Gasteiger partial charge on any atom is -0.494 e. The Kier molecular flexibility index (Phi) is 12.1. The van der Waals surface area contributed by atoms with E-state index in [1.54, 1.807) is 7.05 Å². The Morgan fingerprint density at radius 1 is 1.14 bits per heavy atom. The fourth-order valence-corrected chi connectivity index (χ4v) is 3.59. The fourth-order valence-electron chi connectivity index (χ4n) is 3.03. The molecule has 2 N–H and O–H groups in total. The Hall–Kier alpha value is -2.00. The third kappa shape index (κ3) is 9.85. The monoisotopic (exact) mass is 441 g/mol. The van der Waals surface area contributed by atoms with Crippen LogP contribution in [0.4, 0.5) is 0 Å². The first-order valence-electron chi connectivity index (χ1n) is 9.96. The van der Waals surface area contributed by atoms with Gasteiger partial charge in [0.15, 0.2) is 5.11 Å². The summed E-state index contributed by atoms with van der Waals surface area (Å²) >= 11 is 5.06. The van der Waals surface area contributed by atoms with Gasteiger partial charge in [-0.15, -0.1) is 0 Å². The number of nitrogens with zero attached hydrogens (tertiary/aromatic N) is 1. The lowest BCUT2D eigenvalue weighted by atomic mass is 9.90. The first-order chi connectivity index (χ1) is 13.9. The van der Waals surface area contributed by atoms with Gasteiger partial charge in [0.1, 0.15) is 5.75 Å². The van der Waals surface area contributed by atoms with Crippen LogP contribution in [0.1, 0.15) is 63.9 Å². The zero-order valence-electron chi connectivity index (χ0n) is 17.3. The van der Waals surface area contributed by atoms with Gasteiger partial charge in [-0.1, -0.05) is 38.3 Å². The molecule has 162 valence electrons. The topological polar surface area (TPSA) is 96.9 Å². The van der Waals surface area contributed by atoms with Gasteiger partial charge in [-0.2, -0.15) is 12.8 Å². The highest BCUT2D eigenvalue weighted by atomic mass is 32.2. The number of benzene rings is 1. The van der Waals surface area contributed by atoms with E-state index < -0.39 is 16.4 Å². The highest BCUT2D eigenvalue weighted by molar-refractivity contribution is 7.80. The molecule has 0 fully saturated rings. The van der Waals surface area contributed by atoms with Crippen LogP contribution in [0, 0.1) is 0 Å². The molecule has 0 saturated carbocycles. The molecule has 0 spiro atoms. The van der Waals surface area contributed by atoms with Gasteiger partial charge in [-0.3, -0.25) is 4.79 Å². The van der Waals surface area contributed by atoms with Crippen LogP contribution in [0.15, 0.2) is 28.6 Å². The minimum atomic E-state index is -2.46. The number of ether oxygens (including phenoxy) is 1. The van der Waals surface area contributed by atoms with Crippen molar-refractivity contribution in [3.05, 3.63) is 29.8 Å². The van der Waals surface area contributed by atoms with Gasteiger partial charge in [0.2, 0.25) is 5.91 Å². The highest BCUT2D eigenvalue weighted by Gasteiger charge is 2.23. The highest BCUT2D eigenvalue weighted by Crippen LogP contribution is 2.26. The molecular formula is C20H31N3O4S2. The summed E-state index contributed by atoms with van der Waals surface area (Å²) < 4.78 is 31.5. The van der Waals surface area contributed by atoms with E-state index in [1.807, 2.05) is 31.2 Å². The summed E-state index contributed by atoms with van der Waals surface area (Å²) in [6.45, 7) is 4.56. The zero-order valence-corrected chi connectivity index (χ0v) is 18.9. The number of carbonyl (C=O) groups excluding carboxylic acids is 1. The van der Waals surface area contributed by atoms with Crippen LogP contribution < -0.4 is 15.4 Å². The molecule has 0 aliphatic rings. The van der Waals surface area contributed by atoms with Crippen molar-refractivity contribution < 1.29 is 17.9 Å². The predicted octanol–water partition coefficient (Wildman–Crippen LogP) is 3.58. The van der Waals surface area contributed by atoms with Gasteiger partial charge in [-0.25, -0.2) is 0 Å². The number of hydrogen-bond donors (Lipinski definition) is 2. The summed E-state index contributed by atoms with van der Waals surface area (Å²) in [6, 6.07) is 7.03. The summed E-state index contributed by atoms with van der Waals surface area (Å²) in [4.78, 5) is 12.8. The second-order valence-corrected chi connectivity index (χ2v) is 7.73. The lowest BCUT2D eigenvalue weighted by molar-refractivity contribution is -0.121. The Morgan fingerprint density at radius 2 is 1.83 bits per heavy atom. The molecule has 1 aromatic carbocycles. The maximum atomic E-state index is 12.8. The summed E-state index contributed by atoms with van der Waals surface area (Å²) in [5.74, 6) is 0.0281. The van der Waals surface area contributed by atoms with E-state index in [1.165, 1.54) is 0 Å². The quantitative estimate of drug-likeness (QED) is 0.380. The van der Waals surface area contributed by atoms with E-state index in [0.717, 1.165) is 30.6 Å². The van der Waals surface area contributed by atoms with Crippen LogP contribution in [0.3, 0.4) is 0 Å². The molecule has 1 amide bonds. The SMILES string of the molecule is CCCCCC(CCC(C(=O)NC(=S)NC)c1ccc(OCC)cc1)N=S(=O)=O. The van der Waals surface area contributed by atoms with Crippen molar-refractivity contribution in [2.24, 2.45) is 4.36 Å². The predicted molar refractivity (Wildman–Crippen MR) is 119 cm³/mol. The maximum Gasteiger partial charge on any atom is 0.311 e. The minimum absolute atomic E-state index is 0.232. The molecule has 0 heterocycles. The molecule has 2 atom stereocenters. The third-order valence-electron chi connectivity index (χ3n) is 4.54. The normalized spacial score (nSPS) is 12.5. The molecule has 0 bridgehead atoms. The van der Waals surface area contributed by atoms with Crippen molar-refractivity contribution >= 4 is 33.7 Å². The van der Waals surface area contributed by atoms with Crippen LogP contribution >= 0.6 is 12.2 Å². The van der Waals surface area contributed by atoms with Crippen LogP contribution in [0.2, 0.25) is 0 Å². The van der Waals surface area contributed by atoms with Crippen LogP contribution in [0.25, 0.3) is 0 Å². The smallest absolute Gasteiger partial charge is 0.311 e. The van der Waals surface area contributed by atoms with Gasteiger partial charge in [0, 0.05) is 7.05 Å². The summed E-state index contributed by atoms with van der Waals surface area (Å²) in [7, 11) is -0.820. The first kappa shape index (κ1) is 25.0. The molecule has 0 saturated heterocycles. The molecule has 2 unspecified atom stereocenters. The second-order valence-electron chi connectivity index (χ2n) is 6.67. The lowest BCUT2D eigenvalue weighted by Gasteiger charge is -2.19. The molecule has 1 aromatic rings. The van der Waals surface area contributed by atoms with Crippen molar-refractivity contribution in [2.75, 3.05) is 13.7 Å². The molecule has 9 heteroatoms. The standard InChI is InChI=1S/C20H31N3O4S2/c1-4-6-7-8-16(23-29(25)26)11-14-18(19(24)22-20(28)21-3)15-9-12-17(13-10-15)27-5-2/h9-10,12-13,16,18H,4-8,11,14H2,1-3H3,(H2,21,22,24,28). The van der Waals surface area contributed by atoms with E-state index in [0.29, 0.717) is 25.9 Å². The molecule has 29 heavy (non-hydrogen) atoms. The Bertz CT molecular complexity index is 771. The number of hydrogen-bond acceptors (Lipinski definition) is 6. The summed E-state index contributed by atoms with van der Waals surface area (Å²) in [6.07, 6.45) is 4.63. The molecule has 0 radical (unpaired) electrons. The fraction of sp³-hybridized carbons (Fsp3) is 0.600. The van der Waals surface area contributed by atoms with Crippen LogP contribution in [-0.4, -0.2) is 39.1 Å². The maximum absolute atomic E-state index is 12.8. The lowest BCUT2D eigenvalue weighted by Crippen LogP contribution is -2.40. The number of nitrogens with one attached hydrogen (secondary N) is 2. The van der Waals surface area contributed by atoms with Gasteiger partial charge < -0.3 is 15.4 Å². The van der Waals surface area contributed by atoms with Crippen LogP contribution in [-0.2, 0) is 15.3 Å². The van der Waals surface area contributed by atoms with Gasteiger partial charge in [0.05, 0.1) is 18.6 Å². The van der Waals surface area contributed by atoms with Crippen molar-refractivity contribution in [3.63, 3.8) is 0 Å². The van der Waals surface area contributed by atoms with Crippen LogP contribution in [0.5, 0.6) is 5.75 Å². The van der Waals surface area contributed by atoms with Gasteiger partial charge >= 0.3 is 10.5 Å². The average Bonchev–Trinajstić information content (AvgIpc) is 2.69. The third-order valence-corrected chi connectivity index (χ3v) is 5.31. The molecule has 0 aliphatic heterocycles. The molecule has 1 rings (SSSR count). The van der Waals surface area contributed by atoms with Gasteiger partial charge in [-0.05, 0) is 56.1 Å². The van der Waals surface area contributed by atoms with E-state index in [4.69, 9.17) is 17.0 Å². The van der Waals surface area contributed by atoms with Gasteiger partial charge in [0.25, 0.3) is 0 Å². The number of rotatable bonds is 12. The van der Waals surface area contributed by atoms with E-state index >= 15 is 0 Å². The second kappa shape index (κ2) is 14.1. The Balaban J connectivity index is 2.98. The Morgan fingerprint density at radius 3 is 2.38 bits per heavy atom. The average molecular weight is 442 g/mol. The molecule has 7 nitrogen and oxygen atoms in total. The number of thiocarbonyl (C=S) groups is 1. The molecular weight excluding hydrogens is 410 g/mol. The number of amides is 1. The van der Waals surface area contributed by atoms with E-state index in [9.17, 15) is 13.2 Å². The number of unbranched alkanes of at least 4 members (excludes halogenated alkanes) is 2.